The number of hydrogen-bond donors (Lipinski definition) is 0. The Morgan fingerprint density at radius 3 is 2.18 bits per heavy atom. The van der Waals surface area contributed by atoms with Crippen molar-refractivity contribution in [3.8, 4) is 0 Å². The Kier molecular flexibility index (Phi) is 1.28. The van der Waals surface area contributed by atoms with Crippen LogP contribution >= 0.6 is 0 Å². The van der Waals surface area contributed by atoms with Crippen molar-refractivity contribution in [2.24, 2.45) is 0 Å². The standard InChI is InChI=1S/C10H11F/c1-8-2-4-9(5-3-8)10(11)6-7-10/h2-5H,6-7H2,1H3. The second-order valence-electron chi connectivity index (χ2n) is 3.33. The minimum atomic E-state index is -0.965. The minimum absolute atomic E-state index is 0.704. The lowest BCUT2D eigenvalue weighted by atomic mass is 10.1. The summed E-state index contributed by atoms with van der Waals surface area (Å²) in [5.41, 5.74) is 1.08. The molecule has 2 rings (SSSR count). The van der Waals surface area contributed by atoms with E-state index in [1.807, 2.05) is 31.2 Å². The van der Waals surface area contributed by atoms with Gasteiger partial charge in [-0.05, 0) is 25.3 Å². The summed E-state index contributed by atoms with van der Waals surface area (Å²) >= 11 is 0. The molecular weight excluding hydrogens is 139 g/mol. The van der Waals surface area contributed by atoms with E-state index in [0.29, 0.717) is 12.8 Å². The van der Waals surface area contributed by atoms with E-state index in [4.69, 9.17) is 0 Å². The normalized spacial score (nSPS) is 19.8. The van der Waals surface area contributed by atoms with Crippen LogP contribution in [0, 0.1) is 6.92 Å². The lowest BCUT2D eigenvalue weighted by Crippen LogP contribution is -1.96. The third-order valence-corrected chi connectivity index (χ3v) is 2.26. The third kappa shape index (κ3) is 1.15. The van der Waals surface area contributed by atoms with Gasteiger partial charge in [-0.3, -0.25) is 0 Å². The van der Waals surface area contributed by atoms with E-state index in [9.17, 15) is 4.39 Å². The third-order valence-electron chi connectivity index (χ3n) is 2.26. The number of rotatable bonds is 1. The van der Waals surface area contributed by atoms with E-state index in [1.165, 1.54) is 5.56 Å². The lowest BCUT2D eigenvalue weighted by molar-refractivity contribution is 0.317. The predicted molar refractivity (Wildman–Crippen MR) is 43.2 cm³/mol. The largest absolute Gasteiger partial charge is 0.239 e. The highest BCUT2D eigenvalue weighted by Crippen LogP contribution is 2.49. The van der Waals surface area contributed by atoms with Crippen LogP contribution in [-0.2, 0) is 5.67 Å². The van der Waals surface area contributed by atoms with Gasteiger partial charge in [-0.2, -0.15) is 0 Å². The minimum Gasteiger partial charge on any atom is -0.239 e. The zero-order valence-corrected chi connectivity index (χ0v) is 6.60. The van der Waals surface area contributed by atoms with E-state index in [2.05, 4.69) is 0 Å². The van der Waals surface area contributed by atoms with E-state index >= 15 is 0 Å². The summed E-state index contributed by atoms with van der Waals surface area (Å²) in [5, 5.41) is 0. The van der Waals surface area contributed by atoms with Crippen LogP contribution in [0.25, 0.3) is 0 Å². The smallest absolute Gasteiger partial charge is 0.136 e. The fourth-order valence-corrected chi connectivity index (χ4v) is 1.25. The summed E-state index contributed by atoms with van der Waals surface area (Å²) < 4.78 is 13.4. The van der Waals surface area contributed by atoms with Crippen molar-refractivity contribution in [3.05, 3.63) is 35.4 Å². The molecule has 0 saturated heterocycles. The molecule has 1 aromatic rings. The topological polar surface area (TPSA) is 0 Å². The summed E-state index contributed by atoms with van der Waals surface area (Å²) in [6, 6.07) is 7.72. The van der Waals surface area contributed by atoms with Crippen molar-refractivity contribution < 1.29 is 4.39 Å². The summed E-state index contributed by atoms with van der Waals surface area (Å²) in [7, 11) is 0. The zero-order valence-electron chi connectivity index (χ0n) is 6.60. The average Bonchev–Trinajstić information content (AvgIpc) is 2.70. The molecule has 0 atom stereocenters. The quantitative estimate of drug-likeness (QED) is 0.577. The van der Waals surface area contributed by atoms with Crippen molar-refractivity contribution in [1.82, 2.24) is 0 Å². The molecule has 1 aromatic carbocycles. The van der Waals surface area contributed by atoms with Crippen molar-refractivity contribution in [1.29, 1.82) is 0 Å². The van der Waals surface area contributed by atoms with E-state index in [0.717, 1.165) is 5.56 Å². The second kappa shape index (κ2) is 2.07. The molecule has 0 aliphatic heterocycles. The molecule has 1 saturated carbocycles. The molecular formula is C10H11F. The molecule has 0 amide bonds. The number of alkyl halides is 1. The molecule has 1 aliphatic rings. The molecule has 58 valence electrons. The van der Waals surface area contributed by atoms with Crippen molar-refractivity contribution >= 4 is 0 Å². The first-order chi connectivity index (χ1) is 5.21. The molecule has 0 bridgehead atoms. The van der Waals surface area contributed by atoms with Gasteiger partial charge in [0.2, 0.25) is 0 Å². The van der Waals surface area contributed by atoms with Gasteiger partial charge in [0, 0.05) is 0 Å². The van der Waals surface area contributed by atoms with Crippen LogP contribution in [0.1, 0.15) is 24.0 Å². The Morgan fingerprint density at radius 1 is 1.18 bits per heavy atom. The maximum Gasteiger partial charge on any atom is 0.136 e. The number of aryl methyl sites for hydroxylation is 1. The van der Waals surface area contributed by atoms with Crippen LogP contribution in [0.15, 0.2) is 24.3 Å². The van der Waals surface area contributed by atoms with Gasteiger partial charge in [0.15, 0.2) is 0 Å². The Bertz CT molecular complexity index is 257. The van der Waals surface area contributed by atoms with Crippen LogP contribution in [0.4, 0.5) is 4.39 Å². The first kappa shape index (κ1) is 6.84. The van der Waals surface area contributed by atoms with Gasteiger partial charge in [-0.15, -0.1) is 0 Å². The monoisotopic (exact) mass is 150 g/mol. The summed E-state index contributed by atoms with van der Waals surface area (Å²) in [6.07, 6.45) is 1.41. The molecule has 1 aliphatic carbocycles. The fourth-order valence-electron chi connectivity index (χ4n) is 1.25. The molecule has 0 aromatic heterocycles. The van der Waals surface area contributed by atoms with Crippen molar-refractivity contribution in [2.45, 2.75) is 25.4 Å². The highest BCUT2D eigenvalue weighted by molar-refractivity contribution is 5.30. The van der Waals surface area contributed by atoms with Crippen LogP contribution in [0.2, 0.25) is 0 Å². The number of hydrogen-bond acceptors (Lipinski definition) is 0. The van der Waals surface area contributed by atoms with Crippen LogP contribution in [-0.4, -0.2) is 0 Å². The number of benzene rings is 1. The molecule has 11 heavy (non-hydrogen) atoms. The van der Waals surface area contributed by atoms with Gasteiger partial charge in [-0.1, -0.05) is 29.8 Å². The first-order valence-corrected chi connectivity index (χ1v) is 3.97. The van der Waals surface area contributed by atoms with E-state index in [1.54, 1.807) is 0 Å². The zero-order chi connectivity index (χ0) is 7.90. The number of halogens is 1. The Labute approximate surface area is 66.1 Å². The predicted octanol–water partition coefficient (Wildman–Crippen LogP) is 2.95. The Balaban J connectivity index is 2.33. The van der Waals surface area contributed by atoms with Crippen LogP contribution in [0.3, 0.4) is 0 Å². The van der Waals surface area contributed by atoms with Gasteiger partial charge in [-0.25, -0.2) is 4.39 Å². The molecule has 0 N–H and O–H groups in total. The van der Waals surface area contributed by atoms with E-state index in [-0.39, 0.29) is 0 Å². The Morgan fingerprint density at radius 2 is 1.73 bits per heavy atom. The summed E-state index contributed by atoms with van der Waals surface area (Å²) in [6.45, 7) is 2.02. The van der Waals surface area contributed by atoms with E-state index < -0.39 is 5.67 Å². The van der Waals surface area contributed by atoms with Gasteiger partial charge < -0.3 is 0 Å². The summed E-state index contributed by atoms with van der Waals surface area (Å²) in [5.74, 6) is 0. The average molecular weight is 150 g/mol. The van der Waals surface area contributed by atoms with Crippen molar-refractivity contribution in [2.75, 3.05) is 0 Å². The SMILES string of the molecule is Cc1ccc(C2(F)CC2)cc1. The molecule has 1 heteroatoms. The lowest BCUT2D eigenvalue weighted by Gasteiger charge is -2.04. The highest BCUT2D eigenvalue weighted by Gasteiger charge is 2.44. The van der Waals surface area contributed by atoms with Gasteiger partial charge in [0.05, 0.1) is 0 Å². The van der Waals surface area contributed by atoms with Gasteiger partial charge >= 0.3 is 0 Å². The molecule has 0 radical (unpaired) electrons. The fraction of sp³-hybridized carbons (Fsp3) is 0.400. The van der Waals surface area contributed by atoms with Crippen molar-refractivity contribution in [3.63, 3.8) is 0 Å². The maximum atomic E-state index is 13.4. The highest BCUT2D eigenvalue weighted by atomic mass is 19.1. The molecule has 1 fully saturated rings. The summed E-state index contributed by atoms with van der Waals surface area (Å²) in [4.78, 5) is 0. The van der Waals surface area contributed by atoms with Crippen LogP contribution < -0.4 is 0 Å². The maximum absolute atomic E-state index is 13.4. The molecule has 0 unspecified atom stereocenters. The first-order valence-electron chi connectivity index (χ1n) is 3.97. The van der Waals surface area contributed by atoms with Gasteiger partial charge in [0.1, 0.15) is 5.67 Å². The molecule has 0 heterocycles. The Hall–Kier alpha value is -0.850. The van der Waals surface area contributed by atoms with Gasteiger partial charge in [0.25, 0.3) is 0 Å². The second-order valence-corrected chi connectivity index (χ2v) is 3.33. The molecule has 0 spiro atoms. The van der Waals surface area contributed by atoms with Crippen LogP contribution in [0.5, 0.6) is 0 Å². The molecule has 0 nitrogen and oxygen atoms in total.